The van der Waals surface area contributed by atoms with Crippen LogP contribution in [0, 0.1) is 6.92 Å². The molecule has 1 aliphatic rings. The summed E-state index contributed by atoms with van der Waals surface area (Å²) in [6.45, 7) is 5.98. The topological polar surface area (TPSA) is 72.3 Å². The van der Waals surface area contributed by atoms with E-state index in [-0.39, 0.29) is 23.5 Å². The highest BCUT2D eigenvalue weighted by molar-refractivity contribution is 7.91. The number of hydrogen-bond acceptors (Lipinski definition) is 4. The Balaban J connectivity index is 1.83. The number of aryl methyl sites for hydroxylation is 1. The summed E-state index contributed by atoms with van der Waals surface area (Å²) in [5.74, 6) is -0.0153. The number of amides is 1. The van der Waals surface area contributed by atoms with Crippen molar-refractivity contribution in [2.75, 3.05) is 18.1 Å². The number of rotatable bonds is 5. The van der Waals surface area contributed by atoms with Gasteiger partial charge in [-0.2, -0.15) is 5.10 Å². The van der Waals surface area contributed by atoms with E-state index in [2.05, 4.69) is 11.7 Å². The van der Waals surface area contributed by atoms with Gasteiger partial charge in [-0.25, -0.2) is 13.1 Å². The van der Waals surface area contributed by atoms with E-state index in [0.717, 1.165) is 11.4 Å². The van der Waals surface area contributed by atoms with E-state index < -0.39 is 9.84 Å². The average molecular weight is 359 g/mol. The van der Waals surface area contributed by atoms with Crippen molar-refractivity contribution in [2.24, 2.45) is 0 Å². The third kappa shape index (κ3) is 3.66. The molecular weight excluding hydrogens is 338 g/mol. The summed E-state index contributed by atoms with van der Waals surface area (Å²) >= 11 is 0. The van der Waals surface area contributed by atoms with Crippen LogP contribution < -0.4 is 0 Å². The molecule has 6 nitrogen and oxygen atoms in total. The van der Waals surface area contributed by atoms with Crippen LogP contribution in [-0.4, -0.2) is 53.1 Å². The summed E-state index contributed by atoms with van der Waals surface area (Å²) in [6.07, 6.45) is 3.83. The smallest absolute Gasteiger partial charge is 0.254 e. The molecule has 25 heavy (non-hydrogen) atoms. The predicted molar refractivity (Wildman–Crippen MR) is 96.6 cm³/mol. The number of nitrogens with zero attached hydrogens (tertiary/aromatic N) is 3. The summed E-state index contributed by atoms with van der Waals surface area (Å²) < 4.78 is 25.3. The summed E-state index contributed by atoms with van der Waals surface area (Å²) in [4.78, 5) is 14.5. The van der Waals surface area contributed by atoms with Gasteiger partial charge in [-0.3, -0.25) is 4.79 Å². The molecule has 1 amide bonds. The molecule has 2 heterocycles. The standard InChI is InChI=1S/C18H21N3O3S/c1-3-11-20(17-9-12-25(23,24)13-17)18(22)15-4-6-16(7-5-15)21-14(2)8-10-19-21/h3-8,10,17H,1,9,11-13H2,2H3/t17-/m1/s1. The summed E-state index contributed by atoms with van der Waals surface area (Å²) in [6, 6.07) is 8.79. The molecule has 3 rings (SSSR count). The summed E-state index contributed by atoms with van der Waals surface area (Å²) in [5.41, 5.74) is 2.40. The van der Waals surface area contributed by atoms with Crippen LogP contribution in [0.3, 0.4) is 0 Å². The largest absolute Gasteiger partial charge is 0.331 e. The molecule has 0 N–H and O–H groups in total. The van der Waals surface area contributed by atoms with Gasteiger partial charge in [0, 0.05) is 30.0 Å². The maximum atomic E-state index is 12.9. The van der Waals surface area contributed by atoms with Gasteiger partial charge in [0.05, 0.1) is 17.2 Å². The van der Waals surface area contributed by atoms with Gasteiger partial charge in [0.15, 0.2) is 9.84 Å². The van der Waals surface area contributed by atoms with E-state index in [0.29, 0.717) is 18.5 Å². The first-order valence-corrected chi connectivity index (χ1v) is 9.97. The molecule has 0 unspecified atom stereocenters. The first kappa shape index (κ1) is 17.4. The fraction of sp³-hybridized carbons (Fsp3) is 0.333. The minimum atomic E-state index is -3.06. The first-order valence-electron chi connectivity index (χ1n) is 8.14. The Labute approximate surface area is 147 Å². The number of carbonyl (C=O) groups is 1. The number of hydrogen-bond donors (Lipinski definition) is 0. The number of benzene rings is 1. The lowest BCUT2D eigenvalue weighted by atomic mass is 10.1. The molecule has 0 spiro atoms. The zero-order valence-corrected chi connectivity index (χ0v) is 14.9. The predicted octanol–water partition coefficient (Wildman–Crippen LogP) is 2.00. The molecule has 1 aromatic heterocycles. The molecular formula is C18H21N3O3S. The van der Waals surface area contributed by atoms with E-state index in [4.69, 9.17) is 0 Å². The molecule has 0 radical (unpaired) electrons. The van der Waals surface area contributed by atoms with Crippen molar-refractivity contribution in [1.82, 2.24) is 14.7 Å². The van der Waals surface area contributed by atoms with Crippen LogP contribution in [0.2, 0.25) is 0 Å². The minimum absolute atomic E-state index is 0.0249. The lowest BCUT2D eigenvalue weighted by molar-refractivity contribution is 0.0720. The monoisotopic (exact) mass is 359 g/mol. The molecule has 132 valence electrons. The van der Waals surface area contributed by atoms with Gasteiger partial charge in [0.2, 0.25) is 0 Å². The van der Waals surface area contributed by atoms with Crippen LogP contribution in [0.1, 0.15) is 22.5 Å². The fourth-order valence-corrected chi connectivity index (χ4v) is 4.84. The Morgan fingerprint density at radius 3 is 2.60 bits per heavy atom. The second-order valence-electron chi connectivity index (χ2n) is 6.23. The van der Waals surface area contributed by atoms with E-state index in [1.165, 1.54) is 0 Å². The molecule has 2 aromatic rings. The lowest BCUT2D eigenvalue weighted by Gasteiger charge is -2.27. The Hall–Kier alpha value is -2.41. The zero-order valence-electron chi connectivity index (χ0n) is 14.1. The van der Waals surface area contributed by atoms with Crippen molar-refractivity contribution in [3.05, 3.63) is 60.4 Å². The van der Waals surface area contributed by atoms with Crippen LogP contribution in [0.5, 0.6) is 0 Å². The highest BCUT2D eigenvalue weighted by Crippen LogP contribution is 2.21. The third-order valence-electron chi connectivity index (χ3n) is 4.43. The molecule has 1 aliphatic heterocycles. The molecule has 0 saturated carbocycles. The second-order valence-corrected chi connectivity index (χ2v) is 8.46. The van der Waals surface area contributed by atoms with Gasteiger partial charge in [0.25, 0.3) is 5.91 Å². The summed E-state index contributed by atoms with van der Waals surface area (Å²) in [5, 5.41) is 4.25. The Bertz CT molecular complexity index is 885. The van der Waals surface area contributed by atoms with Crippen molar-refractivity contribution < 1.29 is 13.2 Å². The van der Waals surface area contributed by atoms with Crippen LogP contribution in [0.15, 0.2) is 49.2 Å². The Morgan fingerprint density at radius 1 is 1.36 bits per heavy atom. The average Bonchev–Trinajstić information content (AvgIpc) is 3.17. The second kappa shape index (κ2) is 6.84. The van der Waals surface area contributed by atoms with Crippen molar-refractivity contribution >= 4 is 15.7 Å². The SMILES string of the molecule is C=CCN(C(=O)c1ccc(-n2nccc2C)cc1)[C@@H]1CCS(=O)(=O)C1. The van der Waals surface area contributed by atoms with Crippen molar-refractivity contribution in [1.29, 1.82) is 0 Å². The highest BCUT2D eigenvalue weighted by atomic mass is 32.2. The van der Waals surface area contributed by atoms with E-state index in [9.17, 15) is 13.2 Å². The van der Waals surface area contributed by atoms with E-state index in [1.54, 1.807) is 34.0 Å². The number of carbonyl (C=O) groups excluding carboxylic acids is 1. The van der Waals surface area contributed by atoms with Gasteiger partial charge >= 0.3 is 0 Å². The Morgan fingerprint density at radius 2 is 2.08 bits per heavy atom. The van der Waals surface area contributed by atoms with Gasteiger partial charge in [0.1, 0.15) is 0 Å². The van der Waals surface area contributed by atoms with E-state index in [1.807, 2.05) is 25.1 Å². The van der Waals surface area contributed by atoms with Gasteiger partial charge < -0.3 is 4.90 Å². The maximum Gasteiger partial charge on any atom is 0.254 e. The van der Waals surface area contributed by atoms with Crippen LogP contribution in [-0.2, 0) is 9.84 Å². The molecule has 1 atom stereocenters. The number of aromatic nitrogens is 2. The van der Waals surface area contributed by atoms with E-state index >= 15 is 0 Å². The third-order valence-corrected chi connectivity index (χ3v) is 6.18. The number of sulfone groups is 1. The van der Waals surface area contributed by atoms with Crippen molar-refractivity contribution in [3.63, 3.8) is 0 Å². The first-order chi connectivity index (χ1) is 11.9. The normalized spacial score (nSPS) is 18.8. The zero-order chi connectivity index (χ0) is 18.0. The molecule has 1 saturated heterocycles. The van der Waals surface area contributed by atoms with Gasteiger partial charge in [-0.1, -0.05) is 6.08 Å². The summed E-state index contributed by atoms with van der Waals surface area (Å²) in [7, 11) is -3.06. The quantitative estimate of drug-likeness (QED) is 0.766. The van der Waals surface area contributed by atoms with Gasteiger partial charge in [-0.15, -0.1) is 6.58 Å². The van der Waals surface area contributed by atoms with Crippen LogP contribution in [0.4, 0.5) is 0 Å². The molecule has 0 bridgehead atoms. The molecule has 1 fully saturated rings. The highest BCUT2D eigenvalue weighted by Gasteiger charge is 2.34. The van der Waals surface area contributed by atoms with Crippen LogP contribution >= 0.6 is 0 Å². The lowest BCUT2D eigenvalue weighted by Crippen LogP contribution is -2.41. The van der Waals surface area contributed by atoms with Crippen molar-refractivity contribution in [2.45, 2.75) is 19.4 Å². The molecule has 7 heteroatoms. The van der Waals surface area contributed by atoms with Crippen molar-refractivity contribution in [3.8, 4) is 5.69 Å². The molecule has 1 aromatic carbocycles. The molecule has 0 aliphatic carbocycles. The Kier molecular flexibility index (Phi) is 4.76. The van der Waals surface area contributed by atoms with Crippen LogP contribution in [0.25, 0.3) is 5.69 Å². The minimum Gasteiger partial charge on any atom is -0.331 e. The van der Waals surface area contributed by atoms with Gasteiger partial charge in [-0.05, 0) is 43.7 Å². The fourth-order valence-electron chi connectivity index (χ4n) is 3.11. The maximum absolute atomic E-state index is 12.9.